The average molecular weight is 249 g/mol. The van der Waals surface area contributed by atoms with Crippen LogP contribution in [0, 0.1) is 11.6 Å². The minimum Gasteiger partial charge on any atom is -0.508 e. The summed E-state index contributed by atoms with van der Waals surface area (Å²) in [6.45, 7) is 0. The zero-order chi connectivity index (χ0) is 13.1. The van der Waals surface area contributed by atoms with Crippen molar-refractivity contribution < 1.29 is 18.7 Å². The number of anilines is 1. The van der Waals surface area contributed by atoms with Gasteiger partial charge in [0.05, 0.1) is 0 Å². The van der Waals surface area contributed by atoms with Crippen LogP contribution in [0.4, 0.5) is 14.5 Å². The molecule has 2 aromatic carbocycles. The van der Waals surface area contributed by atoms with Crippen molar-refractivity contribution in [3.63, 3.8) is 0 Å². The summed E-state index contributed by atoms with van der Waals surface area (Å²) in [7, 11) is 0. The number of halogens is 2. The van der Waals surface area contributed by atoms with Gasteiger partial charge in [0, 0.05) is 11.8 Å². The number of rotatable bonds is 2. The minimum absolute atomic E-state index is 0.0539. The zero-order valence-electron chi connectivity index (χ0n) is 9.15. The number of hydrogen-bond acceptors (Lipinski definition) is 2. The predicted octanol–water partition coefficient (Wildman–Crippen LogP) is 2.92. The molecule has 1 amide bonds. The molecule has 0 unspecified atom stereocenters. The molecule has 2 rings (SSSR count). The molecule has 0 bridgehead atoms. The van der Waals surface area contributed by atoms with Crippen LogP contribution < -0.4 is 5.32 Å². The highest BCUT2D eigenvalue weighted by molar-refractivity contribution is 6.04. The third-order valence-corrected chi connectivity index (χ3v) is 2.29. The molecule has 3 nitrogen and oxygen atoms in total. The van der Waals surface area contributed by atoms with Gasteiger partial charge in [-0.15, -0.1) is 0 Å². The van der Waals surface area contributed by atoms with Crippen molar-refractivity contribution in [3.8, 4) is 5.75 Å². The molecule has 2 aromatic rings. The highest BCUT2D eigenvalue weighted by atomic mass is 19.1. The van der Waals surface area contributed by atoms with Crippen molar-refractivity contribution in [3.05, 3.63) is 59.7 Å². The smallest absolute Gasteiger partial charge is 0.261 e. The van der Waals surface area contributed by atoms with Crippen LogP contribution in [-0.2, 0) is 0 Å². The van der Waals surface area contributed by atoms with Gasteiger partial charge in [0.25, 0.3) is 5.91 Å². The van der Waals surface area contributed by atoms with E-state index in [1.165, 1.54) is 30.3 Å². The van der Waals surface area contributed by atoms with E-state index >= 15 is 0 Å². The van der Waals surface area contributed by atoms with Crippen molar-refractivity contribution in [2.24, 2.45) is 0 Å². The van der Waals surface area contributed by atoms with Crippen LogP contribution in [0.25, 0.3) is 0 Å². The number of hydrogen-bond donors (Lipinski definition) is 2. The van der Waals surface area contributed by atoms with Gasteiger partial charge in [-0.1, -0.05) is 12.1 Å². The van der Waals surface area contributed by atoms with E-state index < -0.39 is 23.1 Å². The fourth-order valence-corrected chi connectivity index (χ4v) is 1.49. The quantitative estimate of drug-likeness (QED) is 0.859. The van der Waals surface area contributed by atoms with Crippen LogP contribution in [0.2, 0.25) is 0 Å². The Morgan fingerprint density at radius 3 is 2.28 bits per heavy atom. The van der Waals surface area contributed by atoms with Crippen molar-refractivity contribution in [2.75, 3.05) is 5.32 Å². The number of aromatic hydroxyl groups is 1. The first kappa shape index (κ1) is 12.0. The third kappa shape index (κ3) is 2.45. The Morgan fingerprint density at radius 1 is 1.06 bits per heavy atom. The first-order chi connectivity index (χ1) is 8.58. The second-order valence-electron chi connectivity index (χ2n) is 3.60. The lowest BCUT2D eigenvalue weighted by Crippen LogP contribution is -2.15. The number of phenols is 1. The Kier molecular flexibility index (Phi) is 3.23. The van der Waals surface area contributed by atoms with Gasteiger partial charge in [-0.2, -0.15) is 0 Å². The van der Waals surface area contributed by atoms with E-state index in [9.17, 15) is 18.7 Å². The second kappa shape index (κ2) is 4.83. The van der Waals surface area contributed by atoms with Crippen molar-refractivity contribution in [1.82, 2.24) is 0 Å². The Balaban J connectivity index is 2.28. The average Bonchev–Trinajstić information content (AvgIpc) is 2.28. The third-order valence-electron chi connectivity index (χ3n) is 2.29. The highest BCUT2D eigenvalue weighted by Crippen LogP contribution is 2.18. The van der Waals surface area contributed by atoms with Gasteiger partial charge in [-0.3, -0.25) is 4.79 Å². The van der Waals surface area contributed by atoms with E-state index in [4.69, 9.17) is 0 Å². The molecule has 2 N–H and O–H groups in total. The Labute approximate surface area is 102 Å². The van der Waals surface area contributed by atoms with Crippen LogP contribution in [0.5, 0.6) is 5.75 Å². The van der Waals surface area contributed by atoms with Gasteiger partial charge >= 0.3 is 0 Å². The van der Waals surface area contributed by atoms with Crippen molar-refractivity contribution in [2.45, 2.75) is 0 Å². The maximum absolute atomic E-state index is 13.3. The number of carbonyl (C=O) groups is 1. The largest absolute Gasteiger partial charge is 0.508 e. The topological polar surface area (TPSA) is 49.3 Å². The summed E-state index contributed by atoms with van der Waals surface area (Å²) in [6.07, 6.45) is 0. The minimum atomic E-state index is -0.937. The number of phenolic OH excluding ortho intramolecular Hbond substituents is 1. The van der Waals surface area contributed by atoms with Crippen LogP contribution >= 0.6 is 0 Å². The lowest BCUT2D eigenvalue weighted by atomic mass is 10.2. The summed E-state index contributed by atoms with van der Waals surface area (Å²) in [5.41, 5.74) is -0.400. The van der Waals surface area contributed by atoms with Crippen LogP contribution in [0.1, 0.15) is 10.4 Å². The highest BCUT2D eigenvalue weighted by Gasteiger charge is 2.16. The van der Waals surface area contributed by atoms with E-state index in [0.717, 1.165) is 12.1 Å². The number of carbonyl (C=O) groups excluding carboxylic acids is 1. The van der Waals surface area contributed by atoms with E-state index in [-0.39, 0.29) is 11.4 Å². The molecule has 5 heteroatoms. The summed E-state index contributed by atoms with van der Waals surface area (Å²) < 4.78 is 26.7. The van der Waals surface area contributed by atoms with E-state index in [1.54, 1.807) is 0 Å². The lowest BCUT2D eigenvalue weighted by Gasteiger charge is -2.07. The molecule has 18 heavy (non-hydrogen) atoms. The molecule has 0 atom stereocenters. The van der Waals surface area contributed by atoms with E-state index in [0.29, 0.717) is 0 Å². The molecular weight excluding hydrogens is 240 g/mol. The predicted molar refractivity (Wildman–Crippen MR) is 62.4 cm³/mol. The van der Waals surface area contributed by atoms with Crippen molar-refractivity contribution >= 4 is 11.6 Å². The number of benzene rings is 2. The Morgan fingerprint density at radius 2 is 1.67 bits per heavy atom. The summed E-state index contributed by atoms with van der Waals surface area (Å²) in [6, 6.07) is 8.87. The molecule has 0 aliphatic heterocycles. The van der Waals surface area contributed by atoms with Crippen molar-refractivity contribution in [1.29, 1.82) is 0 Å². The molecule has 0 saturated carbocycles. The summed E-state index contributed by atoms with van der Waals surface area (Å²) in [5, 5.41) is 11.5. The van der Waals surface area contributed by atoms with Crippen LogP contribution in [0.15, 0.2) is 42.5 Å². The van der Waals surface area contributed by atoms with Gasteiger partial charge < -0.3 is 10.4 Å². The first-order valence-corrected chi connectivity index (χ1v) is 5.12. The lowest BCUT2D eigenvalue weighted by molar-refractivity contribution is 0.101. The molecule has 0 spiro atoms. The number of nitrogens with one attached hydrogen (secondary N) is 1. The van der Waals surface area contributed by atoms with E-state index in [2.05, 4.69) is 5.32 Å². The van der Waals surface area contributed by atoms with Crippen LogP contribution in [-0.4, -0.2) is 11.0 Å². The standard InChI is InChI=1S/C13H9F2NO2/c14-10-5-2-6-11(15)12(10)13(18)16-8-3-1-4-9(17)7-8/h1-7,17H,(H,16,18). The Hall–Kier alpha value is -2.43. The number of amides is 1. The molecule has 0 saturated heterocycles. The fourth-order valence-electron chi connectivity index (χ4n) is 1.49. The van der Waals surface area contributed by atoms with Gasteiger partial charge in [0.2, 0.25) is 0 Å². The maximum atomic E-state index is 13.3. The molecule has 0 aliphatic rings. The van der Waals surface area contributed by atoms with Gasteiger partial charge in [-0.25, -0.2) is 8.78 Å². The summed E-state index contributed by atoms with van der Waals surface area (Å²) in [4.78, 5) is 11.7. The SMILES string of the molecule is O=C(Nc1cccc(O)c1)c1c(F)cccc1F. The van der Waals surface area contributed by atoms with Gasteiger partial charge in [0.15, 0.2) is 0 Å². The molecule has 0 fully saturated rings. The molecule has 0 heterocycles. The second-order valence-corrected chi connectivity index (χ2v) is 3.60. The molecule has 92 valence electrons. The normalized spacial score (nSPS) is 10.1. The summed E-state index contributed by atoms with van der Waals surface area (Å²) in [5.74, 6) is -2.83. The zero-order valence-corrected chi connectivity index (χ0v) is 9.15. The Bertz CT molecular complexity index is 579. The molecule has 0 aliphatic carbocycles. The van der Waals surface area contributed by atoms with Crippen LogP contribution in [0.3, 0.4) is 0 Å². The molecule has 0 aromatic heterocycles. The van der Waals surface area contributed by atoms with Gasteiger partial charge in [-0.05, 0) is 24.3 Å². The van der Waals surface area contributed by atoms with Gasteiger partial charge in [0.1, 0.15) is 22.9 Å². The van der Waals surface area contributed by atoms with E-state index in [1.807, 2.05) is 0 Å². The monoisotopic (exact) mass is 249 g/mol. The first-order valence-electron chi connectivity index (χ1n) is 5.12. The molecular formula is C13H9F2NO2. The maximum Gasteiger partial charge on any atom is 0.261 e. The summed E-state index contributed by atoms with van der Waals surface area (Å²) >= 11 is 0. The molecule has 0 radical (unpaired) electrons. The fraction of sp³-hybridized carbons (Fsp3) is 0.